The molecule has 0 aromatic rings. The molecule has 88 valence electrons. The zero-order valence-corrected chi connectivity index (χ0v) is 17.2. The van der Waals surface area contributed by atoms with Gasteiger partial charge in [0.15, 0.2) is 0 Å². The largest absolute Gasteiger partial charge is 1.00 e. The smallest absolute Gasteiger partial charge is 0.750 e. The summed E-state index contributed by atoms with van der Waals surface area (Å²) in [4.78, 5) is 0. The van der Waals surface area contributed by atoms with Gasteiger partial charge >= 0.3 is 88.7 Å². The van der Waals surface area contributed by atoms with Crippen LogP contribution in [0.5, 0.6) is 0 Å². The van der Waals surface area contributed by atoms with E-state index in [4.69, 9.17) is 13.3 Å². The van der Waals surface area contributed by atoms with Gasteiger partial charge in [0, 0.05) is 0 Å². The Labute approximate surface area is 166 Å². The van der Waals surface area contributed by atoms with Crippen LogP contribution in [0.3, 0.4) is 0 Å². The van der Waals surface area contributed by atoms with Crippen molar-refractivity contribution in [1.29, 1.82) is 0 Å². The van der Waals surface area contributed by atoms with Crippen LogP contribution in [0.25, 0.3) is 0 Å². The number of hydrogen-bond donors (Lipinski definition) is 1. The maximum Gasteiger partial charge on any atom is 1.00 e. The van der Waals surface area contributed by atoms with Gasteiger partial charge < -0.3 is 18.2 Å². The average Bonchev–Trinajstić information content (AvgIpc) is 1.79. The van der Waals surface area contributed by atoms with Crippen LogP contribution in [0.15, 0.2) is 0 Å². The Bertz CT molecular complexity index is 329. The van der Waals surface area contributed by atoms with Crippen LogP contribution in [0, 0.1) is 0 Å². The van der Waals surface area contributed by atoms with Crippen LogP contribution in [0.4, 0.5) is 0 Å². The Hall–Kier alpha value is 2.81. The molecule has 0 aromatic carbocycles. The van der Waals surface area contributed by atoms with E-state index in [1.807, 2.05) is 0 Å². The first-order chi connectivity index (χ1) is 5.94. The van der Waals surface area contributed by atoms with Crippen LogP contribution in [0.2, 0.25) is 0 Å². The molecular formula is HNa3O11S3. The molecule has 0 aliphatic heterocycles. The molecule has 1 N–H and O–H groups in total. The summed E-state index contributed by atoms with van der Waals surface area (Å²) in [6.45, 7) is 0. The van der Waals surface area contributed by atoms with Crippen LogP contribution in [-0.4, -0.2) is 39.3 Å². The Balaban J connectivity index is -0.0000000607. The van der Waals surface area contributed by atoms with Gasteiger partial charge in [-0.15, -0.1) is 8.67 Å². The van der Waals surface area contributed by atoms with Gasteiger partial charge in [0.2, 0.25) is 20.8 Å². The standard InChI is InChI=1S/3Na.H2O8S2.H2O3S/c;;;1-9(2,3)7-8-10(4,5)6;1-4(2)3/h;;;(H,1,2,3)(H,4,5,6);(H2,1,2,3)/q3*+1;;/p-3. The topological polar surface area (TPSA) is 193 Å². The van der Waals surface area contributed by atoms with Gasteiger partial charge in [-0.1, -0.05) is 0 Å². The average molecular weight is 342 g/mol. The molecule has 17 heteroatoms. The van der Waals surface area contributed by atoms with E-state index in [2.05, 4.69) is 8.67 Å². The van der Waals surface area contributed by atoms with E-state index in [0.717, 1.165) is 0 Å². The minimum Gasteiger partial charge on any atom is -0.750 e. The number of hydrogen-bond acceptors (Lipinski definition) is 10. The van der Waals surface area contributed by atoms with Gasteiger partial charge in [-0.05, 0) is 0 Å². The summed E-state index contributed by atoms with van der Waals surface area (Å²) in [5.41, 5.74) is 0. The van der Waals surface area contributed by atoms with E-state index < -0.39 is 32.2 Å². The molecule has 17 heavy (non-hydrogen) atoms. The van der Waals surface area contributed by atoms with Crippen molar-refractivity contribution in [3.63, 3.8) is 0 Å². The minimum absolute atomic E-state index is 0. The van der Waals surface area contributed by atoms with E-state index in [0.29, 0.717) is 0 Å². The van der Waals surface area contributed by atoms with Gasteiger partial charge in [-0.2, -0.15) is 0 Å². The van der Waals surface area contributed by atoms with Crippen molar-refractivity contribution >= 4 is 32.2 Å². The number of rotatable bonds is 3. The fraction of sp³-hybridized carbons (Fsp3) is 0. The first-order valence-corrected chi connectivity index (χ1v) is 5.71. The summed E-state index contributed by atoms with van der Waals surface area (Å²) in [5, 5.41) is 0. The zero-order chi connectivity index (χ0) is 12.0. The summed E-state index contributed by atoms with van der Waals surface area (Å²) >= 11 is -2.86. The van der Waals surface area contributed by atoms with E-state index in [-0.39, 0.29) is 88.7 Å². The molecule has 0 radical (unpaired) electrons. The van der Waals surface area contributed by atoms with Crippen molar-refractivity contribution in [2.45, 2.75) is 0 Å². The summed E-state index contributed by atoms with van der Waals surface area (Å²) in [5.74, 6) is 0. The second-order valence-corrected chi connectivity index (χ2v) is 3.51. The van der Waals surface area contributed by atoms with Gasteiger partial charge in [-0.25, -0.2) is 21.0 Å². The van der Waals surface area contributed by atoms with E-state index in [9.17, 15) is 25.9 Å². The molecule has 0 fully saturated rings. The molecule has 11 nitrogen and oxygen atoms in total. The Morgan fingerprint density at radius 3 is 1.06 bits per heavy atom. The van der Waals surface area contributed by atoms with E-state index >= 15 is 0 Å². The first-order valence-electron chi connectivity index (χ1n) is 2.02. The molecule has 0 amide bonds. The molecule has 1 atom stereocenters. The summed E-state index contributed by atoms with van der Waals surface area (Å²) in [7, 11) is -10.6. The van der Waals surface area contributed by atoms with Crippen LogP contribution in [0.1, 0.15) is 0 Å². The molecule has 0 bridgehead atoms. The van der Waals surface area contributed by atoms with Gasteiger partial charge in [0.05, 0.1) is 11.4 Å². The summed E-state index contributed by atoms with van der Waals surface area (Å²) in [6.07, 6.45) is 0. The molecule has 0 rings (SSSR count). The Morgan fingerprint density at radius 2 is 1.00 bits per heavy atom. The molecule has 0 aromatic heterocycles. The second kappa shape index (κ2) is 15.2. The predicted octanol–water partition coefficient (Wildman–Crippen LogP) is -11.8. The first kappa shape index (κ1) is 32.0. The maximum absolute atomic E-state index is 9.37. The third-order valence-corrected chi connectivity index (χ3v) is 0.750. The van der Waals surface area contributed by atoms with E-state index in [1.54, 1.807) is 0 Å². The van der Waals surface area contributed by atoms with Gasteiger partial charge in [-0.3, -0.25) is 0 Å². The van der Waals surface area contributed by atoms with Crippen LogP contribution in [-0.2, 0) is 40.8 Å². The van der Waals surface area contributed by atoms with Crippen molar-refractivity contribution in [3.05, 3.63) is 0 Å². The zero-order valence-electron chi connectivity index (χ0n) is 8.75. The van der Waals surface area contributed by atoms with Crippen LogP contribution >= 0.6 is 0 Å². The van der Waals surface area contributed by atoms with Crippen molar-refractivity contribution in [2.75, 3.05) is 0 Å². The van der Waals surface area contributed by atoms with E-state index in [1.165, 1.54) is 0 Å². The third kappa shape index (κ3) is 55.2. The molecule has 0 heterocycles. The van der Waals surface area contributed by atoms with Crippen molar-refractivity contribution in [1.82, 2.24) is 0 Å². The molecule has 1 unspecified atom stereocenters. The monoisotopic (exact) mass is 342 g/mol. The van der Waals surface area contributed by atoms with Gasteiger partial charge in [0.1, 0.15) is 0 Å². The predicted molar refractivity (Wildman–Crippen MR) is 33.1 cm³/mol. The minimum atomic E-state index is -5.31. The molecular weight excluding hydrogens is 341 g/mol. The normalized spacial score (nSPS) is 11.5. The van der Waals surface area contributed by atoms with Crippen molar-refractivity contribution in [3.8, 4) is 0 Å². The molecule has 0 saturated heterocycles. The third-order valence-electron chi connectivity index (χ3n) is 0.194. The summed E-state index contributed by atoms with van der Waals surface area (Å²) in [6, 6.07) is 0. The maximum atomic E-state index is 9.37. The van der Waals surface area contributed by atoms with Crippen LogP contribution < -0.4 is 88.7 Å². The van der Waals surface area contributed by atoms with Gasteiger partial charge in [0.25, 0.3) is 0 Å². The van der Waals surface area contributed by atoms with Crippen molar-refractivity contribution in [2.24, 2.45) is 0 Å². The molecule has 0 saturated carbocycles. The Morgan fingerprint density at radius 1 is 0.882 bits per heavy atom. The quantitative estimate of drug-likeness (QED) is 0.128. The fourth-order valence-electron chi connectivity index (χ4n) is 0.0680. The molecule has 0 aliphatic carbocycles. The summed E-state index contributed by atoms with van der Waals surface area (Å²) < 4.78 is 85.5. The SMILES string of the molecule is O=S(=O)([O-])OOS(=O)(=O)[O-].O=S([O-])O.[Na+].[Na+].[Na+]. The van der Waals surface area contributed by atoms with Crippen molar-refractivity contribution < 1.29 is 137 Å². The molecule has 0 aliphatic rings. The fourth-order valence-corrected chi connectivity index (χ4v) is 0.612. The Kier molecular flexibility index (Phi) is 28.6. The second-order valence-electron chi connectivity index (χ2n) is 1.17. The molecule has 0 spiro atoms.